The topological polar surface area (TPSA) is 38.1 Å². The Morgan fingerprint density at radius 2 is 2.00 bits per heavy atom. The van der Waals surface area contributed by atoms with Gasteiger partial charge in [-0.05, 0) is 51.1 Å². The fourth-order valence-corrected chi connectivity index (χ4v) is 5.61. The Hall–Kier alpha value is -1.20. The molecule has 0 N–H and O–H groups in total. The van der Waals surface area contributed by atoms with Gasteiger partial charge in [0.2, 0.25) is 0 Å². The van der Waals surface area contributed by atoms with Gasteiger partial charge in [0, 0.05) is 23.5 Å². The number of rotatable bonds is 5. The molecule has 1 atom stereocenters. The summed E-state index contributed by atoms with van der Waals surface area (Å²) in [5.74, 6) is 0. The van der Waals surface area contributed by atoms with Crippen molar-refractivity contribution in [2.75, 3.05) is 6.54 Å². The monoisotopic (exact) mass is 359 g/mol. The highest BCUT2D eigenvalue weighted by Gasteiger charge is 2.30. The zero-order valence-corrected chi connectivity index (χ0v) is 16.1. The van der Waals surface area contributed by atoms with Crippen LogP contribution in [0.25, 0.3) is 10.2 Å². The van der Waals surface area contributed by atoms with Crippen molar-refractivity contribution in [1.82, 2.24) is 14.5 Å². The van der Waals surface area contributed by atoms with Crippen molar-refractivity contribution in [3.05, 3.63) is 27.6 Å². The zero-order chi connectivity index (χ0) is 17.2. The zero-order valence-electron chi connectivity index (χ0n) is 15.2. The van der Waals surface area contributed by atoms with Crippen molar-refractivity contribution >= 4 is 21.6 Å². The SMILES string of the molecule is CCc1cc2c(=O)n(CC[C@@H]3CCCCN3C3CCCC3)cnc2s1. The standard InChI is InChI=1S/C20H29N3OS/c1-2-17-13-18-19(25-17)21-14-22(20(18)24)12-10-16-9-5-6-11-23(16)15-7-3-4-8-15/h13-16H,2-12H2,1H3/t16-/m0/s1. The third kappa shape index (κ3) is 3.54. The van der Waals surface area contributed by atoms with Gasteiger partial charge >= 0.3 is 0 Å². The second-order valence-corrected chi connectivity index (χ2v) is 8.76. The van der Waals surface area contributed by atoms with Crippen LogP contribution in [0.5, 0.6) is 0 Å². The van der Waals surface area contributed by atoms with Gasteiger partial charge < -0.3 is 0 Å². The lowest BCUT2D eigenvalue weighted by Crippen LogP contribution is -2.45. The van der Waals surface area contributed by atoms with Crippen LogP contribution in [-0.2, 0) is 13.0 Å². The highest BCUT2D eigenvalue weighted by atomic mass is 32.1. The summed E-state index contributed by atoms with van der Waals surface area (Å²) in [5, 5.41) is 0.806. The minimum Gasteiger partial charge on any atom is -0.299 e. The van der Waals surface area contributed by atoms with Crippen LogP contribution >= 0.6 is 11.3 Å². The molecule has 2 aliphatic rings. The van der Waals surface area contributed by atoms with Crippen molar-refractivity contribution in [3.8, 4) is 0 Å². The van der Waals surface area contributed by atoms with Crippen LogP contribution in [0.4, 0.5) is 0 Å². The third-order valence-corrected chi connectivity index (χ3v) is 7.27. The van der Waals surface area contributed by atoms with Crippen molar-refractivity contribution in [2.24, 2.45) is 0 Å². The lowest BCUT2D eigenvalue weighted by molar-refractivity contribution is 0.0880. The van der Waals surface area contributed by atoms with Crippen LogP contribution in [0, 0.1) is 0 Å². The minimum absolute atomic E-state index is 0.143. The lowest BCUT2D eigenvalue weighted by atomic mass is 9.96. The van der Waals surface area contributed by atoms with E-state index in [1.54, 1.807) is 17.7 Å². The lowest BCUT2D eigenvalue weighted by Gasteiger charge is -2.40. The van der Waals surface area contributed by atoms with E-state index in [9.17, 15) is 4.79 Å². The highest BCUT2D eigenvalue weighted by Crippen LogP contribution is 2.30. The molecule has 25 heavy (non-hydrogen) atoms. The van der Waals surface area contributed by atoms with E-state index in [4.69, 9.17) is 0 Å². The molecule has 2 fully saturated rings. The summed E-state index contributed by atoms with van der Waals surface area (Å²) in [7, 11) is 0. The Morgan fingerprint density at radius 1 is 1.20 bits per heavy atom. The molecule has 2 aromatic rings. The second kappa shape index (κ2) is 7.58. The first-order valence-corrected chi connectivity index (χ1v) is 10.8. The van der Waals surface area contributed by atoms with Gasteiger partial charge in [0.05, 0.1) is 11.7 Å². The van der Waals surface area contributed by atoms with Gasteiger partial charge in [0.25, 0.3) is 5.56 Å². The minimum atomic E-state index is 0.143. The first-order valence-electron chi connectivity index (χ1n) is 10.00. The quantitative estimate of drug-likeness (QED) is 0.803. The summed E-state index contributed by atoms with van der Waals surface area (Å²) in [5.41, 5.74) is 0.143. The summed E-state index contributed by atoms with van der Waals surface area (Å²) < 4.78 is 1.84. The van der Waals surface area contributed by atoms with Crippen molar-refractivity contribution in [3.63, 3.8) is 0 Å². The molecule has 2 aromatic heterocycles. The number of aryl methyl sites for hydroxylation is 2. The normalized spacial score (nSPS) is 22.8. The van der Waals surface area contributed by atoms with E-state index in [0.717, 1.165) is 35.6 Å². The van der Waals surface area contributed by atoms with Crippen LogP contribution in [0.2, 0.25) is 0 Å². The molecule has 1 aliphatic carbocycles. The number of nitrogens with zero attached hydrogens (tertiary/aromatic N) is 3. The molecule has 1 saturated carbocycles. The largest absolute Gasteiger partial charge is 0.299 e. The molecule has 1 saturated heterocycles. The molecule has 136 valence electrons. The molecule has 0 bridgehead atoms. The Bertz CT molecular complexity index is 775. The van der Waals surface area contributed by atoms with E-state index in [2.05, 4.69) is 16.8 Å². The highest BCUT2D eigenvalue weighted by molar-refractivity contribution is 7.18. The van der Waals surface area contributed by atoms with E-state index in [1.807, 2.05) is 10.6 Å². The fraction of sp³-hybridized carbons (Fsp3) is 0.700. The molecule has 3 heterocycles. The fourth-order valence-electron chi connectivity index (χ4n) is 4.68. The van der Waals surface area contributed by atoms with Crippen LogP contribution in [0.15, 0.2) is 17.2 Å². The Balaban J connectivity index is 1.48. The van der Waals surface area contributed by atoms with Crippen LogP contribution in [-0.4, -0.2) is 33.1 Å². The van der Waals surface area contributed by atoms with Crippen molar-refractivity contribution in [2.45, 2.75) is 83.3 Å². The number of fused-ring (bicyclic) bond motifs is 1. The van der Waals surface area contributed by atoms with Gasteiger partial charge in [0.1, 0.15) is 4.83 Å². The first kappa shape index (κ1) is 17.2. The molecule has 0 amide bonds. The number of piperidine rings is 1. The Morgan fingerprint density at radius 3 is 2.80 bits per heavy atom. The van der Waals surface area contributed by atoms with E-state index in [1.165, 1.54) is 56.4 Å². The van der Waals surface area contributed by atoms with Gasteiger partial charge in [0.15, 0.2) is 0 Å². The number of aromatic nitrogens is 2. The molecule has 0 unspecified atom stereocenters. The molecule has 4 nitrogen and oxygen atoms in total. The maximum absolute atomic E-state index is 12.8. The first-order chi connectivity index (χ1) is 12.3. The second-order valence-electron chi connectivity index (χ2n) is 7.64. The third-order valence-electron chi connectivity index (χ3n) is 6.09. The average Bonchev–Trinajstić information content (AvgIpc) is 3.31. The van der Waals surface area contributed by atoms with Crippen molar-refractivity contribution < 1.29 is 0 Å². The number of likely N-dealkylation sites (tertiary alicyclic amines) is 1. The summed E-state index contributed by atoms with van der Waals surface area (Å²) in [4.78, 5) is 22.2. The maximum Gasteiger partial charge on any atom is 0.262 e. The van der Waals surface area contributed by atoms with Crippen LogP contribution in [0.1, 0.15) is 63.2 Å². The van der Waals surface area contributed by atoms with Gasteiger partial charge in [-0.3, -0.25) is 14.3 Å². The van der Waals surface area contributed by atoms with Gasteiger partial charge in [-0.1, -0.05) is 26.2 Å². The average molecular weight is 360 g/mol. The van der Waals surface area contributed by atoms with E-state index < -0.39 is 0 Å². The predicted molar refractivity (Wildman–Crippen MR) is 104 cm³/mol. The van der Waals surface area contributed by atoms with Gasteiger partial charge in [-0.15, -0.1) is 11.3 Å². The molecule has 0 spiro atoms. The van der Waals surface area contributed by atoms with E-state index in [0.29, 0.717) is 6.04 Å². The van der Waals surface area contributed by atoms with E-state index >= 15 is 0 Å². The number of thiophene rings is 1. The summed E-state index contributed by atoms with van der Waals surface area (Å²) in [6.45, 7) is 4.18. The van der Waals surface area contributed by atoms with Gasteiger partial charge in [-0.2, -0.15) is 0 Å². The van der Waals surface area contributed by atoms with Crippen LogP contribution < -0.4 is 5.56 Å². The molecule has 0 radical (unpaired) electrons. The van der Waals surface area contributed by atoms with Gasteiger partial charge in [-0.25, -0.2) is 4.98 Å². The number of hydrogen-bond acceptors (Lipinski definition) is 4. The summed E-state index contributed by atoms with van der Waals surface area (Å²) in [6, 6.07) is 3.48. The summed E-state index contributed by atoms with van der Waals surface area (Å²) >= 11 is 1.65. The van der Waals surface area contributed by atoms with Crippen molar-refractivity contribution in [1.29, 1.82) is 0 Å². The molecule has 0 aromatic carbocycles. The molecule has 4 rings (SSSR count). The summed E-state index contributed by atoms with van der Waals surface area (Å²) in [6.07, 6.45) is 13.3. The molecular weight excluding hydrogens is 330 g/mol. The molecule has 5 heteroatoms. The smallest absolute Gasteiger partial charge is 0.262 e. The Kier molecular flexibility index (Phi) is 5.23. The molecule has 1 aliphatic heterocycles. The number of hydrogen-bond donors (Lipinski definition) is 0. The predicted octanol–water partition coefficient (Wildman–Crippen LogP) is 4.21. The maximum atomic E-state index is 12.8. The van der Waals surface area contributed by atoms with E-state index in [-0.39, 0.29) is 5.56 Å². The molecular formula is C20H29N3OS. The Labute approximate surface area is 153 Å². The van der Waals surface area contributed by atoms with Crippen LogP contribution in [0.3, 0.4) is 0 Å².